The molecule has 1 rings (SSSR count). The molecule has 0 spiro atoms. The molecule has 1 amide bonds. The second-order valence-electron chi connectivity index (χ2n) is 3.28. The van der Waals surface area contributed by atoms with Crippen molar-refractivity contribution in [1.29, 1.82) is 0 Å². The molecule has 0 aromatic rings. The van der Waals surface area contributed by atoms with E-state index in [2.05, 4.69) is 13.8 Å². The van der Waals surface area contributed by atoms with Crippen molar-refractivity contribution in [3.05, 3.63) is 0 Å². The van der Waals surface area contributed by atoms with E-state index in [4.69, 9.17) is 12.2 Å². The number of hydrogen-bond donors (Lipinski definition) is 0. The van der Waals surface area contributed by atoms with Gasteiger partial charge in [0.15, 0.2) is 0 Å². The molecular formula is C8H13NOS2. The monoisotopic (exact) mass is 203 g/mol. The third-order valence-corrected chi connectivity index (χ3v) is 3.52. The fourth-order valence-electron chi connectivity index (χ4n) is 1.29. The Hall–Kier alpha value is -0.0900. The van der Waals surface area contributed by atoms with Crippen LogP contribution in [0.2, 0.25) is 0 Å². The summed E-state index contributed by atoms with van der Waals surface area (Å²) >= 11 is 6.69. The summed E-state index contributed by atoms with van der Waals surface area (Å²) in [5.74, 6) is 1.52. The standard InChI is InChI=1S/C8H13NOS2/c1-5(2)7-4-12-8(11)9(7)6(3)10/h5,7H,4H2,1-3H3/t7-/m1/s1. The Kier molecular flexibility index (Phi) is 3.12. The lowest BCUT2D eigenvalue weighted by Crippen LogP contribution is -2.40. The molecule has 68 valence electrons. The molecule has 12 heavy (non-hydrogen) atoms. The maximum absolute atomic E-state index is 11.2. The molecule has 0 saturated carbocycles. The first kappa shape index (κ1) is 9.99. The summed E-state index contributed by atoms with van der Waals surface area (Å²) < 4.78 is 0.737. The lowest BCUT2D eigenvalue weighted by molar-refractivity contribution is -0.126. The van der Waals surface area contributed by atoms with Crippen molar-refractivity contribution >= 4 is 34.2 Å². The number of thioether (sulfide) groups is 1. The molecule has 0 N–H and O–H groups in total. The molecule has 0 aromatic carbocycles. The van der Waals surface area contributed by atoms with Crippen LogP contribution in [-0.4, -0.2) is 26.9 Å². The van der Waals surface area contributed by atoms with Gasteiger partial charge in [-0.15, -0.1) is 0 Å². The number of hydrogen-bond acceptors (Lipinski definition) is 3. The van der Waals surface area contributed by atoms with Crippen LogP contribution >= 0.6 is 24.0 Å². The molecule has 1 atom stereocenters. The van der Waals surface area contributed by atoms with E-state index >= 15 is 0 Å². The predicted molar refractivity (Wildman–Crippen MR) is 56.2 cm³/mol. The van der Waals surface area contributed by atoms with E-state index in [1.165, 1.54) is 0 Å². The van der Waals surface area contributed by atoms with Gasteiger partial charge in [-0.05, 0) is 5.92 Å². The highest BCUT2D eigenvalue weighted by Crippen LogP contribution is 2.28. The van der Waals surface area contributed by atoms with Crippen LogP contribution < -0.4 is 0 Å². The summed E-state index contributed by atoms with van der Waals surface area (Å²) in [4.78, 5) is 12.9. The largest absolute Gasteiger partial charge is 0.294 e. The highest BCUT2D eigenvalue weighted by molar-refractivity contribution is 8.23. The Labute approximate surface area is 82.7 Å². The van der Waals surface area contributed by atoms with Crippen molar-refractivity contribution in [3.8, 4) is 0 Å². The van der Waals surface area contributed by atoms with E-state index in [9.17, 15) is 4.79 Å². The number of carbonyl (C=O) groups is 1. The van der Waals surface area contributed by atoms with E-state index < -0.39 is 0 Å². The second kappa shape index (κ2) is 3.75. The van der Waals surface area contributed by atoms with Gasteiger partial charge in [0, 0.05) is 18.7 Å². The third-order valence-electron chi connectivity index (χ3n) is 2.01. The maximum Gasteiger partial charge on any atom is 0.225 e. The van der Waals surface area contributed by atoms with E-state index in [-0.39, 0.29) is 5.91 Å². The molecule has 4 heteroatoms. The molecule has 0 aliphatic carbocycles. The van der Waals surface area contributed by atoms with Gasteiger partial charge in [-0.2, -0.15) is 0 Å². The Bertz CT molecular complexity index is 215. The minimum absolute atomic E-state index is 0.0729. The number of thiocarbonyl (C=S) groups is 1. The number of carbonyl (C=O) groups excluding carboxylic acids is 1. The molecule has 0 bridgehead atoms. The van der Waals surface area contributed by atoms with Crippen LogP contribution in [0.25, 0.3) is 0 Å². The Balaban J connectivity index is 2.77. The fraction of sp³-hybridized carbons (Fsp3) is 0.750. The molecule has 2 nitrogen and oxygen atoms in total. The molecule has 0 unspecified atom stereocenters. The summed E-state index contributed by atoms with van der Waals surface area (Å²) in [5.41, 5.74) is 0. The second-order valence-corrected chi connectivity index (χ2v) is 4.93. The van der Waals surface area contributed by atoms with Gasteiger partial charge in [-0.3, -0.25) is 9.69 Å². The molecule has 1 fully saturated rings. The van der Waals surface area contributed by atoms with Crippen molar-refractivity contribution in [1.82, 2.24) is 4.90 Å². The van der Waals surface area contributed by atoms with Crippen molar-refractivity contribution in [3.63, 3.8) is 0 Å². The van der Waals surface area contributed by atoms with Crippen molar-refractivity contribution in [2.45, 2.75) is 26.8 Å². The summed E-state index contributed by atoms with van der Waals surface area (Å²) in [6, 6.07) is 0.306. The zero-order valence-electron chi connectivity index (χ0n) is 7.53. The lowest BCUT2D eigenvalue weighted by atomic mass is 10.1. The molecule has 1 aliphatic rings. The van der Waals surface area contributed by atoms with Gasteiger partial charge in [-0.25, -0.2) is 0 Å². The van der Waals surface area contributed by atoms with E-state index in [0.29, 0.717) is 12.0 Å². The molecule has 1 aliphatic heterocycles. The quantitative estimate of drug-likeness (QED) is 0.607. The minimum Gasteiger partial charge on any atom is -0.294 e. The number of rotatable bonds is 1. The Morgan fingerprint density at radius 3 is 2.67 bits per heavy atom. The zero-order valence-corrected chi connectivity index (χ0v) is 9.17. The van der Waals surface area contributed by atoms with E-state index in [1.807, 2.05) is 0 Å². The van der Waals surface area contributed by atoms with Crippen molar-refractivity contribution in [2.75, 3.05) is 5.75 Å². The van der Waals surface area contributed by atoms with Crippen LogP contribution in [0, 0.1) is 5.92 Å². The van der Waals surface area contributed by atoms with Gasteiger partial charge < -0.3 is 0 Å². The first-order chi connectivity index (χ1) is 5.54. The highest BCUT2D eigenvalue weighted by Gasteiger charge is 2.33. The van der Waals surface area contributed by atoms with Gasteiger partial charge in [0.1, 0.15) is 4.32 Å². The SMILES string of the molecule is CC(=O)N1C(=S)SC[C@@H]1C(C)C. The highest BCUT2D eigenvalue weighted by atomic mass is 32.2. The fourth-order valence-corrected chi connectivity index (χ4v) is 3.01. The predicted octanol–water partition coefficient (Wildman–Crippen LogP) is 1.89. The van der Waals surface area contributed by atoms with Crippen molar-refractivity contribution < 1.29 is 4.79 Å². The average molecular weight is 203 g/mol. The summed E-state index contributed by atoms with van der Waals surface area (Å²) in [5, 5.41) is 0. The minimum atomic E-state index is 0.0729. The molecule has 0 aromatic heterocycles. The van der Waals surface area contributed by atoms with Gasteiger partial charge in [0.25, 0.3) is 0 Å². The first-order valence-electron chi connectivity index (χ1n) is 4.00. The summed E-state index contributed by atoms with van der Waals surface area (Å²) in [7, 11) is 0. The third kappa shape index (κ3) is 1.80. The summed E-state index contributed by atoms with van der Waals surface area (Å²) in [6.07, 6.45) is 0. The summed E-state index contributed by atoms with van der Waals surface area (Å²) in [6.45, 7) is 5.82. The van der Waals surface area contributed by atoms with Crippen LogP contribution in [0.4, 0.5) is 0 Å². The smallest absolute Gasteiger partial charge is 0.225 e. The Morgan fingerprint density at radius 2 is 2.33 bits per heavy atom. The zero-order chi connectivity index (χ0) is 9.30. The maximum atomic E-state index is 11.2. The van der Waals surface area contributed by atoms with Crippen LogP contribution in [0.1, 0.15) is 20.8 Å². The van der Waals surface area contributed by atoms with Crippen LogP contribution in [0.15, 0.2) is 0 Å². The topological polar surface area (TPSA) is 20.3 Å². The van der Waals surface area contributed by atoms with Gasteiger partial charge in [0.2, 0.25) is 5.91 Å². The number of amides is 1. The number of nitrogens with zero attached hydrogens (tertiary/aromatic N) is 1. The first-order valence-corrected chi connectivity index (χ1v) is 5.40. The van der Waals surface area contributed by atoms with Gasteiger partial charge >= 0.3 is 0 Å². The Morgan fingerprint density at radius 1 is 1.75 bits per heavy atom. The van der Waals surface area contributed by atoms with E-state index in [1.54, 1.807) is 23.6 Å². The van der Waals surface area contributed by atoms with E-state index in [0.717, 1.165) is 10.1 Å². The van der Waals surface area contributed by atoms with Gasteiger partial charge in [-0.1, -0.05) is 37.8 Å². The molecule has 0 radical (unpaired) electrons. The van der Waals surface area contributed by atoms with Gasteiger partial charge in [0.05, 0.1) is 0 Å². The van der Waals surface area contributed by atoms with Crippen molar-refractivity contribution in [2.24, 2.45) is 5.92 Å². The normalized spacial score (nSPS) is 23.8. The van der Waals surface area contributed by atoms with Crippen LogP contribution in [0.5, 0.6) is 0 Å². The lowest BCUT2D eigenvalue weighted by Gasteiger charge is -2.24. The van der Waals surface area contributed by atoms with Crippen LogP contribution in [0.3, 0.4) is 0 Å². The van der Waals surface area contributed by atoms with Crippen LogP contribution in [-0.2, 0) is 4.79 Å². The average Bonchev–Trinajstić information content (AvgIpc) is 2.30. The molecule has 1 heterocycles. The molecule has 1 saturated heterocycles. The molecular weight excluding hydrogens is 190 g/mol.